The molecule has 3 rings (SSSR count). The largest absolute Gasteiger partial charge is 0.461 e. The lowest BCUT2D eigenvalue weighted by molar-refractivity contribution is -0.113. The maximum Gasteiger partial charge on any atom is 0.234 e. The molecule has 0 atom stereocenters. The predicted octanol–water partition coefficient (Wildman–Crippen LogP) is 4.53. The fraction of sp³-hybridized carbons (Fsp3) is 0.167. The number of amides is 1. The molecular weight excluding hydrogens is 416 g/mol. The van der Waals surface area contributed by atoms with Gasteiger partial charge >= 0.3 is 0 Å². The number of benzene rings is 1. The van der Waals surface area contributed by atoms with Gasteiger partial charge in [0.25, 0.3) is 0 Å². The van der Waals surface area contributed by atoms with Crippen LogP contribution in [0.2, 0.25) is 0 Å². The third-order valence-electron chi connectivity index (χ3n) is 3.56. The lowest BCUT2D eigenvalue weighted by Gasteiger charge is -2.09. The van der Waals surface area contributed by atoms with E-state index in [1.54, 1.807) is 18.4 Å². The summed E-state index contributed by atoms with van der Waals surface area (Å²) in [4.78, 5) is 12.3. The number of hydrogen-bond acceptors (Lipinski definition) is 5. The molecule has 0 saturated heterocycles. The Hall–Kier alpha value is -2.32. The molecule has 0 radical (unpaired) electrons. The third kappa shape index (κ3) is 4.25. The van der Waals surface area contributed by atoms with E-state index in [0.29, 0.717) is 23.3 Å². The third-order valence-corrected chi connectivity index (χ3v) is 5.02. The van der Waals surface area contributed by atoms with Crippen LogP contribution in [0.5, 0.6) is 0 Å². The number of rotatable bonds is 7. The van der Waals surface area contributed by atoms with Crippen molar-refractivity contribution >= 4 is 39.3 Å². The minimum Gasteiger partial charge on any atom is -0.461 e. The van der Waals surface area contributed by atoms with E-state index in [0.717, 1.165) is 15.7 Å². The van der Waals surface area contributed by atoms with Crippen molar-refractivity contribution in [2.24, 2.45) is 0 Å². The molecule has 2 heterocycles. The number of nitrogens with one attached hydrogen (secondary N) is 1. The SMILES string of the molecule is C=CCn1c(SCC(=O)Nc2ccc(Br)cc2C)nnc1-c1ccco1. The van der Waals surface area contributed by atoms with Gasteiger partial charge in [0.15, 0.2) is 10.9 Å². The monoisotopic (exact) mass is 432 g/mol. The molecule has 2 aromatic heterocycles. The number of anilines is 1. The van der Waals surface area contributed by atoms with Crippen LogP contribution in [0, 0.1) is 6.92 Å². The first-order chi connectivity index (χ1) is 12.6. The van der Waals surface area contributed by atoms with Crippen molar-refractivity contribution in [2.45, 2.75) is 18.6 Å². The molecule has 6 nitrogen and oxygen atoms in total. The number of furan rings is 1. The van der Waals surface area contributed by atoms with Gasteiger partial charge in [0.1, 0.15) is 0 Å². The topological polar surface area (TPSA) is 73.0 Å². The van der Waals surface area contributed by atoms with Crippen molar-refractivity contribution in [3.05, 3.63) is 59.3 Å². The van der Waals surface area contributed by atoms with Gasteiger partial charge in [0.05, 0.1) is 12.0 Å². The molecule has 0 aliphatic carbocycles. The normalized spacial score (nSPS) is 10.7. The van der Waals surface area contributed by atoms with Gasteiger partial charge in [-0.05, 0) is 42.8 Å². The van der Waals surface area contributed by atoms with Crippen molar-refractivity contribution in [2.75, 3.05) is 11.1 Å². The van der Waals surface area contributed by atoms with Crippen molar-refractivity contribution in [1.82, 2.24) is 14.8 Å². The van der Waals surface area contributed by atoms with E-state index < -0.39 is 0 Å². The predicted molar refractivity (Wildman–Crippen MR) is 106 cm³/mol. The Balaban J connectivity index is 1.69. The number of nitrogens with zero attached hydrogens (tertiary/aromatic N) is 3. The molecule has 0 spiro atoms. The van der Waals surface area contributed by atoms with Gasteiger partial charge in [-0.1, -0.05) is 33.8 Å². The maximum atomic E-state index is 12.3. The average Bonchev–Trinajstić information content (AvgIpc) is 3.26. The van der Waals surface area contributed by atoms with Gasteiger partial charge in [-0.15, -0.1) is 16.8 Å². The molecule has 0 saturated carbocycles. The zero-order chi connectivity index (χ0) is 18.5. The summed E-state index contributed by atoms with van der Waals surface area (Å²) in [5.74, 6) is 1.36. The number of hydrogen-bond donors (Lipinski definition) is 1. The first kappa shape index (κ1) is 18.5. The Labute approximate surface area is 163 Å². The van der Waals surface area contributed by atoms with Gasteiger partial charge in [-0.25, -0.2) is 0 Å². The molecule has 0 aliphatic rings. The summed E-state index contributed by atoms with van der Waals surface area (Å²) in [6, 6.07) is 9.34. The van der Waals surface area contributed by atoms with Crippen molar-refractivity contribution in [1.29, 1.82) is 0 Å². The highest BCUT2D eigenvalue weighted by Crippen LogP contribution is 2.25. The minimum atomic E-state index is -0.104. The molecular formula is C18H17BrN4O2S. The first-order valence-electron chi connectivity index (χ1n) is 7.85. The molecule has 0 fully saturated rings. The summed E-state index contributed by atoms with van der Waals surface area (Å²) in [6.45, 7) is 6.24. The Morgan fingerprint density at radius 2 is 2.27 bits per heavy atom. The summed E-state index contributed by atoms with van der Waals surface area (Å²) in [6.07, 6.45) is 3.34. The van der Waals surface area contributed by atoms with Crippen LogP contribution in [-0.2, 0) is 11.3 Å². The number of halogens is 1. The zero-order valence-corrected chi connectivity index (χ0v) is 16.5. The van der Waals surface area contributed by atoms with Crippen LogP contribution in [0.4, 0.5) is 5.69 Å². The average molecular weight is 433 g/mol. The highest BCUT2D eigenvalue weighted by atomic mass is 79.9. The van der Waals surface area contributed by atoms with E-state index in [2.05, 4.69) is 38.0 Å². The molecule has 0 unspecified atom stereocenters. The highest BCUT2D eigenvalue weighted by Gasteiger charge is 2.16. The summed E-state index contributed by atoms with van der Waals surface area (Å²) in [5.41, 5.74) is 1.79. The standard InChI is InChI=1S/C18H17BrN4O2S/c1-3-8-23-17(15-5-4-9-25-15)21-22-18(23)26-11-16(24)20-14-7-6-13(19)10-12(14)2/h3-7,9-10H,1,8,11H2,2H3,(H,20,24). The van der Waals surface area contributed by atoms with Crippen LogP contribution >= 0.6 is 27.7 Å². The fourth-order valence-corrected chi connectivity index (χ4v) is 3.58. The molecule has 1 amide bonds. The van der Waals surface area contributed by atoms with Crippen molar-refractivity contribution in [3.8, 4) is 11.6 Å². The first-order valence-corrected chi connectivity index (χ1v) is 9.63. The van der Waals surface area contributed by atoms with Crippen LogP contribution in [0.3, 0.4) is 0 Å². The smallest absolute Gasteiger partial charge is 0.234 e. The van der Waals surface area contributed by atoms with Gasteiger partial charge < -0.3 is 9.73 Å². The summed E-state index contributed by atoms with van der Waals surface area (Å²) < 4.78 is 8.24. The van der Waals surface area contributed by atoms with Crippen LogP contribution in [0.15, 0.2) is 63.3 Å². The van der Waals surface area contributed by atoms with Gasteiger partial charge in [-0.2, -0.15) is 0 Å². The minimum absolute atomic E-state index is 0.104. The molecule has 1 N–H and O–H groups in total. The molecule has 134 valence electrons. The van der Waals surface area contributed by atoms with E-state index in [1.807, 2.05) is 35.8 Å². The number of aromatic nitrogens is 3. The Morgan fingerprint density at radius 1 is 1.42 bits per heavy atom. The van der Waals surface area contributed by atoms with Crippen LogP contribution in [0.1, 0.15) is 5.56 Å². The van der Waals surface area contributed by atoms with Crippen molar-refractivity contribution in [3.63, 3.8) is 0 Å². The van der Waals surface area contributed by atoms with E-state index in [9.17, 15) is 4.79 Å². The molecule has 26 heavy (non-hydrogen) atoms. The summed E-state index contributed by atoms with van der Waals surface area (Å²) in [7, 11) is 0. The second-order valence-electron chi connectivity index (χ2n) is 5.48. The van der Waals surface area contributed by atoms with Crippen LogP contribution < -0.4 is 5.32 Å². The number of thioether (sulfide) groups is 1. The lowest BCUT2D eigenvalue weighted by Crippen LogP contribution is -2.15. The molecule has 8 heteroatoms. The van der Waals surface area contributed by atoms with Gasteiger partial charge in [0, 0.05) is 16.7 Å². The van der Waals surface area contributed by atoms with Crippen LogP contribution in [-0.4, -0.2) is 26.4 Å². The van der Waals surface area contributed by atoms with Crippen molar-refractivity contribution < 1.29 is 9.21 Å². The van der Waals surface area contributed by atoms with Crippen LogP contribution in [0.25, 0.3) is 11.6 Å². The molecule has 1 aromatic carbocycles. The zero-order valence-electron chi connectivity index (χ0n) is 14.1. The number of carbonyl (C=O) groups excluding carboxylic acids is 1. The lowest BCUT2D eigenvalue weighted by atomic mass is 10.2. The van der Waals surface area contributed by atoms with Gasteiger partial charge in [-0.3, -0.25) is 9.36 Å². The summed E-state index contributed by atoms with van der Waals surface area (Å²) >= 11 is 4.73. The second-order valence-corrected chi connectivity index (χ2v) is 7.34. The fourth-order valence-electron chi connectivity index (χ4n) is 2.36. The number of aryl methyl sites for hydroxylation is 1. The highest BCUT2D eigenvalue weighted by molar-refractivity contribution is 9.10. The Bertz CT molecular complexity index is 921. The number of allylic oxidation sites excluding steroid dienone is 1. The number of carbonyl (C=O) groups is 1. The summed E-state index contributed by atoms with van der Waals surface area (Å²) in [5, 5.41) is 11.9. The van der Waals surface area contributed by atoms with E-state index in [1.165, 1.54) is 11.8 Å². The van der Waals surface area contributed by atoms with Gasteiger partial charge in [0.2, 0.25) is 11.7 Å². The molecule has 0 aliphatic heterocycles. The van der Waals surface area contributed by atoms with E-state index in [-0.39, 0.29) is 11.7 Å². The molecule has 0 bridgehead atoms. The Kier molecular flexibility index (Phi) is 5.95. The Morgan fingerprint density at radius 3 is 2.96 bits per heavy atom. The quantitative estimate of drug-likeness (QED) is 0.438. The van der Waals surface area contributed by atoms with E-state index in [4.69, 9.17) is 4.42 Å². The second kappa shape index (κ2) is 8.37. The maximum absolute atomic E-state index is 12.3. The molecule has 3 aromatic rings. The van der Waals surface area contributed by atoms with E-state index >= 15 is 0 Å².